The summed E-state index contributed by atoms with van der Waals surface area (Å²) in [6, 6.07) is 8.97. The van der Waals surface area contributed by atoms with Gasteiger partial charge in [0, 0.05) is 10.5 Å². The van der Waals surface area contributed by atoms with Crippen LogP contribution in [-0.4, -0.2) is 8.42 Å². The molecule has 108 valence electrons. The third-order valence-electron chi connectivity index (χ3n) is 2.80. The molecule has 1 heterocycles. The van der Waals surface area contributed by atoms with E-state index in [2.05, 4.69) is 36.6 Å². The van der Waals surface area contributed by atoms with Crippen molar-refractivity contribution in [1.82, 2.24) is 4.72 Å². The normalized spacial score (nSPS) is 13.4. The van der Waals surface area contributed by atoms with Crippen molar-refractivity contribution in [2.75, 3.05) is 0 Å². The molecule has 0 spiro atoms. The number of thiophene rings is 1. The second-order valence-corrected chi connectivity index (χ2v) is 9.64. The Balaban J connectivity index is 2.21. The molecule has 0 radical (unpaired) electrons. The highest BCUT2D eigenvalue weighted by Gasteiger charge is 2.21. The molecule has 0 aliphatic carbocycles. The summed E-state index contributed by atoms with van der Waals surface area (Å²) in [6.45, 7) is 3.70. The van der Waals surface area contributed by atoms with Crippen LogP contribution in [-0.2, 0) is 10.0 Å². The van der Waals surface area contributed by atoms with Gasteiger partial charge in [0.1, 0.15) is 4.21 Å². The van der Waals surface area contributed by atoms with E-state index in [-0.39, 0.29) is 6.04 Å². The number of halogens is 2. The molecule has 20 heavy (non-hydrogen) atoms. The average molecular weight is 439 g/mol. The van der Waals surface area contributed by atoms with Crippen LogP contribution in [0.5, 0.6) is 0 Å². The van der Waals surface area contributed by atoms with E-state index in [4.69, 9.17) is 0 Å². The maximum Gasteiger partial charge on any atom is 0.250 e. The molecule has 7 heteroatoms. The van der Waals surface area contributed by atoms with Crippen molar-refractivity contribution in [3.05, 3.63) is 49.7 Å². The maximum absolute atomic E-state index is 12.3. The number of aryl methyl sites for hydroxylation is 1. The van der Waals surface area contributed by atoms with E-state index < -0.39 is 10.0 Å². The summed E-state index contributed by atoms with van der Waals surface area (Å²) in [4.78, 5) is 0. The monoisotopic (exact) mass is 437 g/mol. The number of hydrogen-bond donors (Lipinski definition) is 1. The zero-order chi connectivity index (χ0) is 14.9. The van der Waals surface area contributed by atoms with Crippen LogP contribution in [0.1, 0.15) is 24.1 Å². The number of rotatable bonds is 4. The van der Waals surface area contributed by atoms with Crippen LogP contribution in [0.3, 0.4) is 0 Å². The molecule has 1 aromatic heterocycles. The molecule has 2 rings (SSSR count). The van der Waals surface area contributed by atoms with Gasteiger partial charge in [0.05, 0.1) is 3.79 Å². The molecule has 0 saturated carbocycles. The fourth-order valence-electron chi connectivity index (χ4n) is 1.67. The van der Waals surface area contributed by atoms with Crippen molar-refractivity contribution in [3.63, 3.8) is 0 Å². The molecule has 1 atom stereocenters. The van der Waals surface area contributed by atoms with E-state index in [9.17, 15) is 8.42 Å². The molecule has 0 amide bonds. The first kappa shape index (κ1) is 16.2. The van der Waals surface area contributed by atoms with Crippen LogP contribution in [0.25, 0.3) is 0 Å². The fourth-order valence-corrected chi connectivity index (χ4v) is 5.41. The molecule has 2 aromatic rings. The summed E-state index contributed by atoms with van der Waals surface area (Å²) in [6.07, 6.45) is 0. The predicted molar refractivity (Wildman–Crippen MR) is 89.6 cm³/mol. The minimum atomic E-state index is -3.49. The highest BCUT2D eigenvalue weighted by Crippen LogP contribution is 2.31. The van der Waals surface area contributed by atoms with Gasteiger partial charge < -0.3 is 0 Å². The SMILES string of the molecule is Cc1cc(S(=O)(=O)N[C@@H](C)c2ccc(Br)cc2)sc1Br. The smallest absolute Gasteiger partial charge is 0.206 e. The second kappa shape index (κ2) is 6.27. The van der Waals surface area contributed by atoms with Crippen LogP contribution in [0.4, 0.5) is 0 Å². The molecular formula is C13H13Br2NO2S2. The van der Waals surface area contributed by atoms with E-state index >= 15 is 0 Å². The lowest BCUT2D eigenvalue weighted by molar-refractivity contribution is 0.569. The topological polar surface area (TPSA) is 46.2 Å². The van der Waals surface area contributed by atoms with Gasteiger partial charge in [0.15, 0.2) is 0 Å². The van der Waals surface area contributed by atoms with Crippen LogP contribution in [0.15, 0.2) is 42.8 Å². The molecule has 0 fully saturated rings. The van der Waals surface area contributed by atoms with Crippen molar-refractivity contribution in [2.45, 2.75) is 24.1 Å². The Hall–Kier alpha value is -0.210. The Morgan fingerprint density at radius 3 is 2.30 bits per heavy atom. The Bertz CT molecular complexity index is 689. The van der Waals surface area contributed by atoms with Gasteiger partial charge in [-0.1, -0.05) is 28.1 Å². The quantitative estimate of drug-likeness (QED) is 0.756. The predicted octanol–water partition coefficient (Wildman–Crippen LogP) is 4.62. The average Bonchev–Trinajstić information content (AvgIpc) is 2.71. The van der Waals surface area contributed by atoms with Crippen molar-refractivity contribution in [1.29, 1.82) is 0 Å². The van der Waals surface area contributed by atoms with E-state index in [1.54, 1.807) is 6.07 Å². The standard InChI is InChI=1S/C13H13Br2NO2S2/c1-8-7-12(19-13(8)15)20(17,18)16-9(2)10-3-5-11(14)6-4-10/h3-7,9,16H,1-2H3/t9-/m0/s1. The summed E-state index contributed by atoms with van der Waals surface area (Å²) in [5, 5.41) is 0. The number of sulfonamides is 1. The molecule has 1 N–H and O–H groups in total. The molecule has 0 aliphatic rings. The lowest BCUT2D eigenvalue weighted by atomic mass is 10.1. The summed E-state index contributed by atoms with van der Waals surface area (Å²) in [5.41, 5.74) is 1.84. The molecule has 0 saturated heterocycles. The minimum absolute atomic E-state index is 0.283. The van der Waals surface area contributed by atoms with Crippen LogP contribution < -0.4 is 4.72 Å². The lowest BCUT2D eigenvalue weighted by Gasteiger charge is -2.13. The highest BCUT2D eigenvalue weighted by atomic mass is 79.9. The fraction of sp³-hybridized carbons (Fsp3) is 0.231. The zero-order valence-corrected chi connectivity index (χ0v) is 15.7. The molecule has 1 aromatic carbocycles. The van der Waals surface area contributed by atoms with E-state index in [1.807, 2.05) is 38.1 Å². The van der Waals surface area contributed by atoms with Crippen molar-refractivity contribution >= 4 is 53.2 Å². The third-order valence-corrected chi connectivity index (χ3v) is 7.48. The molecule has 0 aliphatic heterocycles. The van der Waals surface area contributed by atoms with Gasteiger partial charge in [-0.25, -0.2) is 13.1 Å². The lowest BCUT2D eigenvalue weighted by Crippen LogP contribution is -2.26. The van der Waals surface area contributed by atoms with Gasteiger partial charge in [-0.05, 0) is 59.1 Å². The summed E-state index contributed by atoms with van der Waals surface area (Å²) < 4.78 is 29.5. The van der Waals surface area contributed by atoms with E-state index in [1.165, 1.54) is 11.3 Å². The molecule has 0 bridgehead atoms. The Morgan fingerprint density at radius 2 is 1.80 bits per heavy atom. The van der Waals surface area contributed by atoms with Gasteiger partial charge in [-0.15, -0.1) is 11.3 Å². The van der Waals surface area contributed by atoms with Crippen molar-refractivity contribution in [2.24, 2.45) is 0 Å². The maximum atomic E-state index is 12.3. The number of nitrogens with one attached hydrogen (secondary N) is 1. The van der Waals surface area contributed by atoms with Gasteiger partial charge in [0.25, 0.3) is 10.0 Å². The van der Waals surface area contributed by atoms with Crippen LogP contribution in [0.2, 0.25) is 0 Å². The van der Waals surface area contributed by atoms with Gasteiger partial charge in [-0.3, -0.25) is 0 Å². The third kappa shape index (κ3) is 3.71. The Kier molecular flexibility index (Phi) is 5.07. The number of benzene rings is 1. The van der Waals surface area contributed by atoms with E-state index in [0.717, 1.165) is 19.4 Å². The van der Waals surface area contributed by atoms with Gasteiger partial charge >= 0.3 is 0 Å². The highest BCUT2D eigenvalue weighted by molar-refractivity contribution is 9.11. The van der Waals surface area contributed by atoms with E-state index in [0.29, 0.717) is 4.21 Å². The van der Waals surface area contributed by atoms with Crippen molar-refractivity contribution in [3.8, 4) is 0 Å². The summed E-state index contributed by atoms with van der Waals surface area (Å²) >= 11 is 7.93. The molecular weight excluding hydrogens is 426 g/mol. The largest absolute Gasteiger partial charge is 0.250 e. The molecule has 3 nitrogen and oxygen atoms in total. The first-order valence-electron chi connectivity index (χ1n) is 5.83. The second-order valence-electron chi connectivity index (χ2n) is 4.42. The number of hydrogen-bond acceptors (Lipinski definition) is 3. The molecule has 0 unspecified atom stereocenters. The van der Waals surface area contributed by atoms with Crippen molar-refractivity contribution < 1.29 is 8.42 Å². The Labute approximate surface area is 139 Å². The zero-order valence-electron chi connectivity index (χ0n) is 10.9. The van der Waals surface area contributed by atoms with Crippen LogP contribution >= 0.6 is 43.2 Å². The summed E-state index contributed by atoms with van der Waals surface area (Å²) in [5.74, 6) is 0. The minimum Gasteiger partial charge on any atom is -0.206 e. The summed E-state index contributed by atoms with van der Waals surface area (Å²) in [7, 11) is -3.49. The first-order chi connectivity index (χ1) is 9.29. The first-order valence-corrected chi connectivity index (χ1v) is 9.72. The van der Waals surface area contributed by atoms with Gasteiger partial charge in [-0.2, -0.15) is 0 Å². The Morgan fingerprint density at radius 1 is 1.20 bits per heavy atom. The van der Waals surface area contributed by atoms with Gasteiger partial charge in [0.2, 0.25) is 0 Å². The van der Waals surface area contributed by atoms with Crippen LogP contribution in [0, 0.1) is 6.92 Å².